The maximum atomic E-state index is 5.73. The van der Waals surface area contributed by atoms with E-state index >= 15 is 0 Å². The Hall–Kier alpha value is -1.88. The van der Waals surface area contributed by atoms with Crippen LogP contribution in [0.25, 0.3) is 0 Å². The lowest BCUT2D eigenvalue weighted by atomic mass is 10.2. The standard InChI is InChI=1S/C12H16N4O/c1-8-6-12(16(3)15-8)17-10-4-5-11(9(2)13)14-7-10/h4-7,9H,13H2,1-3H3/t9-/m1/s1. The molecule has 0 aliphatic carbocycles. The third-order valence-electron chi connectivity index (χ3n) is 2.41. The Morgan fingerprint density at radius 3 is 2.65 bits per heavy atom. The molecule has 17 heavy (non-hydrogen) atoms. The molecule has 0 saturated carbocycles. The Bertz CT molecular complexity index is 502. The van der Waals surface area contributed by atoms with Crippen LogP contribution in [-0.2, 0) is 7.05 Å². The number of hydrogen-bond donors (Lipinski definition) is 1. The zero-order valence-corrected chi connectivity index (χ0v) is 10.2. The largest absolute Gasteiger partial charge is 0.438 e. The molecule has 0 unspecified atom stereocenters. The molecule has 0 aliphatic rings. The predicted octanol–water partition coefficient (Wildman–Crippen LogP) is 1.94. The summed E-state index contributed by atoms with van der Waals surface area (Å²) in [5.74, 6) is 1.37. The van der Waals surface area contributed by atoms with E-state index in [0.717, 1.165) is 11.4 Å². The molecule has 2 N–H and O–H groups in total. The van der Waals surface area contributed by atoms with E-state index in [-0.39, 0.29) is 6.04 Å². The summed E-state index contributed by atoms with van der Waals surface area (Å²) in [5.41, 5.74) is 7.49. The summed E-state index contributed by atoms with van der Waals surface area (Å²) in [6.07, 6.45) is 1.67. The van der Waals surface area contributed by atoms with E-state index in [9.17, 15) is 0 Å². The topological polar surface area (TPSA) is 66.0 Å². The highest BCUT2D eigenvalue weighted by Gasteiger charge is 2.06. The van der Waals surface area contributed by atoms with Gasteiger partial charge in [-0.3, -0.25) is 4.98 Å². The van der Waals surface area contributed by atoms with Gasteiger partial charge in [0.25, 0.3) is 0 Å². The van der Waals surface area contributed by atoms with Crippen molar-refractivity contribution in [3.63, 3.8) is 0 Å². The molecule has 1 atom stereocenters. The fourth-order valence-corrected chi connectivity index (χ4v) is 1.52. The molecular weight excluding hydrogens is 216 g/mol. The smallest absolute Gasteiger partial charge is 0.217 e. The monoisotopic (exact) mass is 232 g/mol. The van der Waals surface area contributed by atoms with Crippen molar-refractivity contribution in [1.82, 2.24) is 14.8 Å². The second-order valence-corrected chi connectivity index (χ2v) is 4.06. The molecule has 0 saturated heterocycles. The summed E-state index contributed by atoms with van der Waals surface area (Å²) < 4.78 is 7.35. The van der Waals surface area contributed by atoms with Crippen LogP contribution in [0, 0.1) is 6.92 Å². The molecule has 2 aromatic heterocycles. The molecule has 2 heterocycles. The minimum absolute atomic E-state index is 0.0667. The second kappa shape index (κ2) is 4.55. The number of pyridine rings is 1. The summed E-state index contributed by atoms with van der Waals surface area (Å²) in [7, 11) is 1.84. The van der Waals surface area contributed by atoms with Crippen molar-refractivity contribution in [2.24, 2.45) is 12.8 Å². The van der Waals surface area contributed by atoms with Crippen molar-refractivity contribution in [1.29, 1.82) is 0 Å². The first-order valence-electron chi connectivity index (χ1n) is 5.46. The van der Waals surface area contributed by atoms with Crippen molar-refractivity contribution >= 4 is 0 Å². The van der Waals surface area contributed by atoms with E-state index in [0.29, 0.717) is 11.6 Å². The van der Waals surface area contributed by atoms with Crippen LogP contribution in [0.1, 0.15) is 24.4 Å². The first kappa shape index (κ1) is 11.6. The van der Waals surface area contributed by atoms with Gasteiger partial charge < -0.3 is 10.5 Å². The van der Waals surface area contributed by atoms with Gasteiger partial charge in [-0.2, -0.15) is 5.10 Å². The minimum Gasteiger partial charge on any atom is -0.438 e. The molecule has 2 aromatic rings. The molecule has 0 spiro atoms. The highest BCUT2D eigenvalue weighted by molar-refractivity contribution is 5.27. The molecule has 2 rings (SSSR count). The van der Waals surface area contributed by atoms with E-state index in [1.807, 2.05) is 39.1 Å². The van der Waals surface area contributed by atoms with Crippen LogP contribution >= 0.6 is 0 Å². The Morgan fingerprint density at radius 1 is 1.41 bits per heavy atom. The highest BCUT2D eigenvalue weighted by Crippen LogP contribution is 2.21. The SMILES string of the molecule is Cc1cc(Oc2ccc([C@@H](C)N)nc2)n(C)n1. The third-order valence-corrected chi connectivity index (χ3v) is 2.41. The fourth-order valence-electron chi connectivity index (χ4n) is 1.52. The first-order chi connectivity index (χ1) is 8.06. The van der Waals surface area contributed by atoms with Crippen molar-refractivity contribution in [2.75, 3.05) is 0 Å². The molecular formula is C12H16N4O. The van der Waals surface area contributed by atoms with Gasteiger partial charge in [0.15, 0.2) is 0 Å². The Labute approximate surface area is 100 Å². The van der Waals surface area contributed by atoms with E-state index in [1.165, 1.54) is 0 Å². The molecule has 0 fully saturated rings. The van der Waals surface area contributed by atoms with Crippen LogP contribution in [0.15, 0.2) is 24.4 Å². The van der Waals surface area contributed by atoms with Crippen LogP contribution in [0.4, 0.5) is 0 Å². The van der Waals surface area contributed by atoms with Crippen LogP contribution in [0.5, 0.6) is 11.6 Å². The number of nitrogens with two attached hydrogens (primary N) is 1. The summed E-state index contributed by atoms with van der Waals surface area (Å²) >= 11 is 0. The van der Waals surface area contributed by atoms with Gasteiger partial charge in [-0.25, -0.2) is 4.68 Å². The molecule has 0 aliphatic heterocycles. The van der Waals surface area contributed by atoms with Gasteiger partial charge in [0.1, 0.15) is 5.75 Å². The first-order valence-corrected chi connectivity index (χ1v) is 5.46. The van der Waals surface area contributed by atoms with Crippen molar-refractivity contribution < 1.29 is 4.74 Å². The van der Waals surface area contributed by atoms with Gasteiger partial charge in [0, 0.05) is 19.2 Å². The second-order valence-electron chi connectivity index (χ2n) is 4.06. The number of hydrogen-bond acceptors (Lipinski definition) is 4. The maximum Gasteiger partial charge on any atom is 0.217 e. The Kier molecular flexibility index (Phi) is 3.10. The molecule has 0 aromatic carbocycles. The van der Waals surface area contributed by atoms with E-state index < -0.39 is 0 Å². The summed E-state index contributed by atoms with van der Waals surface area (Å²) in [6.45, 7) is 3.82. The highest BCUT2D eigenvalue weighted by atomic mass is 16.5. The quantitative estimate of drug-likeness (QED) is 0.878. The van der Waals surface area contributed by atoms with Crippen LogP contribution in [-0.4, -0.2) is 14.8 Å². The number of ether oxygens (including phenoxy) is 1. The van der Waals surface area contributed by atoms with Crippen molar-refractivity contribution in [2.45, 2.75) is 19.9 Å². The third kappa shape index (κ3) is 2.62. The maximum absolute atomic E-state index is 5.73. The van der Waals surface area contributed by atoms with E-state index in [1.54, 1.807) is 10.9 Å². The van der Waals surface area contributed by atoms with Crippen LogP contribution in [0.2, 0.25) is 0 Å². The Balaban J connectivity index is 2.16. The molecule has 0 bridgehead atoms. The zero-order valence-electron chi connectivity index (χ0n) is 10.2. The number of nitrogens with zero attached hydrogens (tertiary/aromatic N) is 3. The van der Waals surface area contributed by atoms with Gasteiger partial charge >= 0.3 is 0 Å². The van der Waals surface area contributed by atoms with E-state index in [4.69, 9.17) is 10.5 Å². The minimum atomic E-state index is -0.0667. The van der Waals surface area contributed by atoms with Crippen LogP contribution in [0.3, 0.4) is 0 Å². The van der Waals surface area contributed by atoms with Gasteiger partial charge in [-0.1, -0.05) is 0 Å². The molecule has 5 heteroatoms. The lowest BCUT2D eigenvalue weighted by Crippen LogP contribution is -2.06. The predicted molar refractivity (Wildman–Crippen MR) is 64.9 cm³/mol. The molecule has 5 nitrogen and oxygen atoms in total. The summed E-state index contributed by atoms with van der Waals surface area (Å²) in [6, 6.07) is 5.53. The lowest BCUT2D eigenvalue weighted by molar-refractivity contribution is 0.428. The number of aryl methyl sites for hydroxylation is 2. The normalized spacial score (nSPS) is 12.5. The number of aromatic nitrogens is 3. The Morgan fingerprint density at radius 2 is 2.18 bits per heavy atom. The molecule has 0 radical (unpaired) electrons. The van der Waals surface area contributed by atoms with Gasteiger partial charge in [-0.05, 0) is 26.0 Å². The van der Waals surface area contributed by atoms with Crippen molar-refractivity contribution in [3.8, 4) is 11.6 Å². The van der Waals surface area contributed by atoms with Crippen LogP contribution < -0.4 is 10.5 Å². The summed E-state index contributed by atoms with van der Waals surface area (Å²) in [4.78, 5) is 4.23. The number of rotatable bonds is 3. The van der Waals surface area contributed by atoms with E-state index in [2.05, 4.69) is 10.1 Å². The summed E-state index contributed by atoms with van der Waals surface area (Å²) in [5, 5.41) is 4.20. The zero-order chi connectivity index (χ0) is 12.4. The van der Waals surface area contributed by atoms with Gasteiger partial charge in [0.2, 0.25) is 5.88 Å². The molecule has 0 amide bonds. The fraction of sp³-hybridized carbons (Fsp3) is 0.333. The van der Waals surface area contributed by atoms with Gasteiger partial charge in [0.05, 0.1) is 17.6 Å². The average Bonchev–Trinajstić information content (AvgIpc) is 2.58. The lowest BCUT2D eigenvalue weighted by Gasteiger charge is -2.07. The molecule has 90 valence electrons. The van der Waals surface area contributed by atoms with Crippen molar-refractivity contribution in [3.05, 3.63) is 35.8 Å². The van der Waals surface area contributed by atoms with Gasteiger partial charge in [-0.15, -0.1) is 0 Å². The average molecular weight is 232 g/mol.